The summed E-state index contributed by atoms with van der Waals surface area (Å²) in [4.78, 5) is 4.89. The van der Waals surface area contributed by atoms with Gasteiger partial charge in [0.25, 0.3) is 0 Å². The highest BCUT2D eigenvalue weighted by atomic mass is 16.5. The second-order valence-electron chi connectivity index (χ2n) is 7.08. The van der Waals surface area contributed by atoms with Crippen LogP contribution < -0.4 is 4.74 Å². The van der Waals surface area contributed by atoms with Gasteiger partial charge >= 0.3 is 0 Å². The number of phenols is 1. The molecule has 0 spiro atoms. The van der Waals surface area contributed by atoms with E-state index in [1.165, 1.54) is 11.1 Å². The monoisotopic (exact) mass is 370 g/mol. The second kappa shape index (κ2) is 9.74. The highest BCUT2D eigenvalue weighted by Crippen LogP contribution is 2.24. The van der Waals surface area contributed by atoms with E-state index in [0.29, 0.717) is 18.4 Å². The van der Waals surface area contributed by atoms with Crippen LogP contribution in [0.4, 0.5) is 0 Å². The zero-order chi connectivity index (χ0) is 19.1. The van der Waals surface area contributed by atoms with Gasteiger partial charge in [0.1, 0.15) is 11.5 Å². The molecular formula is C22H30N2O3. The molecule has 1 atom stereocenters. The summed E-state index contributed by atoms with van der Waals surface area (Å²) in [7, 11) is 0. The van der Waals surface area contributed by atoms with Gasteiger partial charge in [0, 0.05) is 50.9 Å². The third kappa shape index (κ3) is 5.45. The van der Waals surface area contributed by atoms with Gasteiger partial charge in [0.15, 0.2) is 0 Å². The molecule has 3 rings (SSSR count). The SMILES string of the molecule is CCOc1ccccc1CN1CCN(Cc2ccc(O)cc2)C[C@@H]1CCO. The van der Waals surface area contributed by atoms with E-state index in [1.54, 1.807) is 12.1 Å². The molecule has 5 heteroatoms. The first-order valence-electron chi connectivity index (χ1n) is 9.75. The van der Waals surface area contributed by atoms with Gasteiger partial charge in [-0.15, -0.1) is 0 Å². The van der Waals surface area contributed by atoms with Crippen molar-refractivity contribution >= 4 is 0 Å². The summed E-state index contributed by atoms with van der Waals surface area (Å²) in [6.45, 7) is 7.45. The number of aromatic hydroxyl groups is 1. The van der Waals surface area contributed by atoms with E-state index >= 15 is 0 Å². The van der Waals surface area contributed by atoms with Crippen molar-refractivity contribution in [2.75, 3.05) is 32.8 Å². The summed E-state index contributed by atoms with van der Waals surface area (Å²) in [6, 6.07) is 16.0. The molecule has 0 radical (unpaired) electrons. The molecule has 2 N–H and O–H groups in total. The Morgan fingerprint density at radius 3 is 2.56 bits per heavy atom. The Balaban J connectivity index is 1.65. The number of piperazine rings is 1. The van der Waals surface area contributed by atoms with E-state index < -0.39 is 0 Å². The number of hydrogen-bond acceptors (Lipinski definition) is 5. The lowest BCUT2D eigenvalue weighted by Gasteiger charge is -2.41. The fourth-order valence-corrected chi connectivity index (χ4v) is 3.74. The number of aliphatic hydroxyl groups is 1. The molecule has 1 fully saturated rings. The Labute approximate surface area is 161 Å². The molecule has 27 heavy (non-hydrogen) atoms. The molecule has 2 aromatic carbocycles. The first-order valence-corrected chi connectivity index (χ1v) is 9.75. The van der Waals surface area contributed by atoms with Crippen LogP contribution in [0.3, 0.4) is 0 Å². The van der Waals surface area contributed by atoms with Gasteiger partial charge in [-0.3, -0.25) is 9.80 Å². The summed E-state index contributed by atoms with van der Waals surface area (Å²) in [5.41, 5.74) is 2.40. The maximum absolute atomic E-state index is 9.55. The molecule has 2 aromatic rings. The molecule has 146 valence electrons. The van der Waals surface area contributed by atoms with Crippen LogP contribution in [0, 0.1) is 0 Å². The highest BCUT2D eigenvalue weighted by Gasteiger charge is 2.27. The van der Waals surface area contributed by atoms with Crippen molar-refractivity contribution in [2.45, 2.75) is 32.5 Å². The number of para-hydroxylation sites is 1. The lowest BCUT2D eigenvalue weighted by Crippen LogP contribution is -2.52. The van der Waals surface area contributed by atoms with Crippen LogP contribution in [-0.2, 0) is 13.1 Å². The van der Waals surface area contributed by atoms with Crippen LogP contribution in [0.15, 0.2) is 48.5 Å². The minimum absolute atomic E-state index is 0.196. The Hall–Kier alpha value is -2.08. The van der Waals surface area contributed by atoms with Crippen molar-refractivity contribution in [3.63, 3.8) is 0 Å². The van der Waals surface area contributed by atoms with Gasteiger partial charge in [-0.1, -0.05) is 30.3 Å². The standard InChI is InChI=1S/C22H30N2O3/c1-2-27-22-6-4-3-5-19(22)16-24-13-12-23(17-20(24)11-14-25)15-18-7-9-21(26)10-8-18/h3-10,20,25-26H,2,11-17H2,1H3/t20-/m0/s1. The Morgan fingerprint density at radius 2 is 1.81 bits per heavy atom. The molecule has 1 saturated heterocycles. The van der Waals surface area contributed by atoms with Crippen molar-refractivity contribution in [1.82, 2.24) is 9.80 Å². The smallest absolute Gasteiger partial charge is 0.123 e. The quantitative estimate of drug-likeness (QED) is 0.748. The Bertz CT molecular complexity index is 705. The van der Waals surface area contributed by atoms with Gasteiger partial charge in [0.2, 0.25) is 0 Å². The summed E-state index contributed by atoms with van der Waals surface area (Å²) in [5, 5.41) is 19.0. The van der Waals surface area contributed by atoms with Crippen LogP contribution in [0.25, 0.3) is 0 Å². The average molecular weight is 370 g/mol. The van der Waals surface area contributed by atoms with Gasteiger partial charge in [-0.2, -0.15) is 0 Å². The lowest BCUT2D eigenvalue weighted by atomic mass is 10.1. The number of aliphatic hydroxyl groups excluding tert-OH is 1. The van der Waals surface area contributed by atoms with E-state index in [1.807, 2.05) is 31.2 Å². The summed E-state index contributed by atoms with van der Waals surface area (Å²) in [6.07, 6.45) is 0.767. The van der Waals surface area contributed by atoms with Crippen LogP contribution >= 0.6 is 0 Å². The maximum atomic E-state index is 9.55. The summed E-state index contributed by atoms with van der Waals surface area (Å²) in [5.74, 6) is 1.25. The average Bonchev–Trinajstić information content (AvgIpc) is 2.67. The first kappa shape index (κ1) is 19.7. The summed E-state index contributed by atoms with van der Waals surface area (Å²) < 4.78 is 5.78. The predicted octanol–water partition coefficient (Wildman–Crippen LogP) is 2.86. The molecule has 5 nitrogen and oxygen atoms in total. The maximum Gasteiger partial charge on any atom is 0.123 e. The number of hydrogen-bond donors (Lipinski definition) is 2. The molecule has 0 unspecified atom stereocenters. The predicted molar refractivity (Wildman–Crippen MR) is 107 cm³/mol. The van der Waals surface area contributed by atoms with Crippen LogP contribution in [0.5, 0.6) is 11.5 Å². The fraction of sp³-hybridized carbons (Fsp3) is 0.455. The largest absolute Gasteiger partial charge is 0.508 e. The molecule has 1 aliphatic rings. The zero-order valence-electron chi connectivity index (χ0n) is 16.1. The topological polar surface area (TPSA) is 56.2 Å². The minimum Gasteiger partial charge on any atom is -0.508 e. The first-order chi connectivity index (χ1) is 13.2. The van der Waals surface area contributed by atoms with E-state index in [4.69, 9.17) is 4.74 Å². The Kier molecular flexibility index (Phi) is 7.10. The number of rotatable bonds is 8. The second-order valence-corrected chi connectivity index (χ2v) is 7.08. The zero-order valence-corrected chi connectivity index (χ0v) is 16.1. The van der Waals surface area contributed by atoms with Gasteiger partial charge in [-0.25, -0.2) is 0 Å². The van der Waals surface area contributed by atoms with Crippen LogP contribution in [0.2, 0.25) is 0 Å². The Morgan fingerprint density at radius 1 is 1.04 bits per heavy atom. The van der Waals surface area contributed by atoms with Gasteiger partial charge < -0.3 is 14.9 Å². The lowest BCUT2D eigenvalue weighted by molar-refractivity contribution is 0.0494. The van der Waals surface area contributed by atoms with Crippen LogP contribution in [0.1, 0.15) is 24.5 Å². The number of ether oxygens (including phenoxy) is 1. The van der Waals surface area contributed by atoms with E-state index in [9.17, 15) is 10.2 Å². The van der Waals surface area contributed by atoms with E-state index in [2.05, 4.69) is 21.9 Å². The number of benzene rings is 2. The third-order valence-corrected chi connectivity index (χ3v) is 5.14. The van der Waals surface area contributed by atoms with Crippen molar-refractivity contribution in [3.8, 4) is 11.5 Å². The highest BCUT2D eigenvalue weighted by molar-refractivity contribution is 5.33. The third-order valence-electron chi connectivity index (χ3n) is 5.14. The van der Waals surface area contributed by atoms with Crippen molar-refractivity contribution < 1.29 is 14.9 Å². The summed E-state index contributed by atoms with van der Waals surface area (Å²) >= 11 is 0. The van der Waals surface area contributed by atoms with Crippen molar-refractivity contribution in [2.24, 2.45) is 0 Å². The normalized spacial score (nSPS) is 18.5. The molecule has 0 saturated carbocycles. The van der Waals surface area contributed by atoms with Crippen molar-refractivity contribution in [3.05, 3.63) is 59.7 Å². The molecule has 1 aliphatic heterocycles. The van der Waals surface area contributed by atoms with Gasteiger partial charge in [-0.05, 0) is 37.1 Å². The fourth-order valence-electron chi connectivity index (χ4n) is 3.74. The molecule has 0 amide bonds. The molecule has 0 aliphatic carbocycles. The van der Waals surface area contributed by atoms with E-state index in [-0.39, 0.29) is 6.61 Å². The van der Waals surface area contributed by atoms with Crippen LogP contribution in [-0.4, -0.2) is 58.9 Å². The van der Waals surface area contributed by atoms with E-state index in [0.717, 1.165) is 44.9 Å². The minimum atomic E-state index is 0.196. The molecule has 0 aromatic heterocycles. The molecular weight excluding hydrogens is 340 g/mol. The van der Waals surface area contributed by atoms with Gasteiger partial charge in [0.05, 0.1) is 6.61 Å². The number of phenolic OH excluding ortho intramolecular Hbond substituents is 1. The molecule has 0 bridgehead atoms. The molecule has 1 heterocycles. The number of nitrogens with zero attached hydrogens (tertiary/aromatic N) is 2. The van der Waals surface area contributed by atoms with Crippen molar-refractivity contribution in [1.29, 1.82) is 0 Å².